The van der Waals surface area contributed by atoms with Crippen LogP contribution in [-0.4, -0.2) is 19.7 Å². The maximum Gasteiger partial charge on any atom is 2.00 e. The summed E-state index contributed by atoms with van der Waals surface area (Å²) in [6, 6.07) is 12.3. The topological polar surface area (TPSA) is 61.8 Å². The van der Waals surface area contributed by atoms with Crippen molar-refractivity contribution >= 4 is 13.2 Å². The molecule has 1 N–H and O–H groups in total. The van der Waals surface area contributed by atoms with Crippen LogP contribution in [0.4, 0.5) is 8.63 Å². The van der Waals surface area contributed by atoms with Gasteiger partial charge < -0.3 is 19.6 Å². The summed E-state index contributed by atoms with van der Waals surface area (Å²) in [7, 11) is -1.82. The molecule has 0 amide bonds. The van der Waals surface area contributed by atoms with Gasteiger partial charge in [-0.25, -0.2) is 20.8 Å². The minimum absolute atomic E-state index is 0. The maximum atomic E-state index is 12.5. The molecule has 0 saturated heterocycles. The SMILES string of the molecule is COc1cc(O)c(C([O-])=CC=C2C=CC=C2)c(OB(F)F)c1.[Fe+2].c1cc[cH-]c1. The summed E-state index contributed by atoms with van der Waals surface area (Å²) >= 11 is 0. The normalized spacial score (nSPS) is 12.0. The minimum Gasteiger partial charge on any atom is -0.872 e. The fraction of sp³-hybridized carbons (Fsp3) is 0.0500. The zero-order valence-corrected chi connectivity index (χ0v) is 16.0. The Bertz CT molecular complexity index is 828. The first-order valence-corrected chi connectivity index (χ1v) is 7.98. The third kappa shape index (κ3) is 7.06. The van der Waals surface area contributed by atoms with Gasteiger partial charge in [-0.3, -0.25) is 0 Å². The Kier molecular flexibility index (Phi) is 9.78. The number of aromatic hydroxyl groups is 1. The number of halogens is 2. The molecule has 0 fully saturated rings. The van der Waals surface area contributed by atoms with Gasteiger partial charge >= 0.3 is 24.5 Å². The van der Waals surface area contributed by atoms with E-state index in [0.29, 0.717) is 0 Å². The van der Waals surface area contributed by atoms with Gasteiger partial charge in [0.2, 0.25) is 0 Å². The standard InChI is InChI=1S/C15H13BF2O4.C5H5.Fe/c1-21-11-8-13(20)15(14(9-11)22-16(17)18)12(19)7-6-10-4-2-3-5-10;1-2-4-5-3-1;/h2-9,19-20H,1H3;1-5H;/q;-1;+2/p-1. The molecular formula is C20H17BF2FeO4. The monoisotopic (exact) mass is 426 g/mol. The van der Waals surface area contributed by atoms with Crippen molar-refractivity contribution in [1.82, 2.24) is 0 Å². The first-order chi connectivity index (χ1) is 13.0. The third-order valence-corrected chi connectivity index (χ3v) is 3.42. The Balaban J connectivity index is 0.000000567. The van der Waals surface area contributed by atoms with Crippen LogP contribution >= 0.6 is 0 Å². The van der Waals surface area contributed by atoms with Crippen LogP contribution in [-0.2, 0) is 17.1 Å². The molecular weight excluding hydrogens is 409 g/mol. The number of phenolic OH excluding ortho intramolecular Hbond substituents is 1. The summed E-state index contributed by atoms with van der Waals surface area (Å²) in [4.78, 5) is 0. The van der Waals surface area contributed by atoms with E-state index < -0.39 is 24.7 Å². The van der Waals surface area contributed by atoms with Crippen LogP contribution in [0.1, 0.15) is 5.56 Å². The predicted molar refractivity (Wildman–Crippen MR) is 99.6 cm³/mol. The molecule has 0 radical (unpaired) electrons. The molecule has 0 saturated carbocycles. The summed E-state index contributed by atoms with van der Waals surface area (Å²) < 4.78 is 34.1. The number of hydrogen-bond acceptors (Lipinski definition) is 4. The van der Waals surface area contributed by atoms with E-state index in [9.17, 15) is 18.8 Å². The van der Waals surface area contributed by atoms with Gasteiger partial charge in [0.25, 0.3) is 0 Å². The molecule has 146 valence electrons. The molecule has 2 aromatic carbocycles. The molecule has 1 aliphatic rings. The van der Waals surface area contributed by atoms with E-state index in [-0.39, 0.29) is 28.4 Å². The van der Waals surface area contributed by atoms with Crippen molar-refractivity contribution in [2.45, 2.75) is 0 Å². The first-order valence-electron chi connectivity index (χ1n) is 7.98. The van der Waals surface area contributed by atoms with Crippen LogP contribution in [0.15, 0.2) is 84.5 Å². The van der Waals surface area contributed by atoms with Gasteiger partial charge in [0.1, 0.15) is 17.2 Å². The number of methoxy groups -OCH3 is 1. The number of benzene rings is 1. The van der Waals surface area contributed by atoms with Crippen molar-refractivity contribution in [1.29, 1.82) is 0 Å². The van der Waals surface area contributed by atoms with Crippen molar-refractivity contribution in [3.8, 4) is 17.2 Å². The average molecular weight is 426 g/mol. The molecule has 0 heterocycles. The summed E-state index contributed by atoms with van der Waals surface area (Å²) in [5.41, 5.74) is 0.432. The molecule has 1 aliphatic carbocycles. The average Bonchev–Trinajstić information content (AvgIpc) is 3.35. The molecule has 0 spiro atoms. The molecule has 2 aromatic rings. The van der Waals surface area contributed by atoms with Crippen LogP contribution in [0.5, 0.6) is 17.2 Å². The van der Waals surface area contributed by atoms with Gasteiger partial charge in [0.15, 0.2) is 0 Å². The Hall–Kier alpha value is -2.83. The molecule has 0 bridgehead atoms. The van der Waals surface area contributed by atoms with Crippen molar-refractivity contribution in [3.05, 3.63) is 90.1 Å². The second kappa shape index (κ2) is 11.8. The smallest absolute Gasteiger partial charge is 0.872 e. The maximum absolute atomic E-state index is 12.5. The van der Waals surface area contributed by atoms with Crippen LogP contribution < -0.4 is 14.5 Å². The van der Waals surface area contributed by atoms with E-state index >= 15 is 0 Å². The molecule has 0 atom stereocenters. The van der Waals surface area contributed by atoms with Crippen molar-refractivity contribution in [2.75, 3.05) is 7.11 Å². The Morgan fingerprint density at radius 2 is 1.82 bits per heavy atom. The Morgan fingerprint density at radius 1 is 1.18 bits per heavy atom. The summed E-state index contributed by atoms with van der Waals surface area (Å²) in [6.07, 6.45) is 9.82. The molecule has 0 aromatic heterocycles. The van der Waals surface area contributed by atoms with Gasteiger partial charge in [-0.05, 0) is 5.57 Å². The van der Waals surface area contributed by atoms with E-state index in [2.05, 4.69) is 4.65 Å². The number of ether oxygens (including phenoxy) is 1. The number of phenols is 1. The molecule has 28 heavy (non-hydrogen) atoms. The van der Waals surface area contributed by atoms with E-state index in [0.717, 1.165) is 17.7 Å². The van der Waals surface area contributed by atoms with Gasteiger partial charge in [-0.2, -0.15) is 18.2 Å². The number of hydrogen-bond donors (Lipinski definition) is 1. The van der Waals surface area contributed by atoms with Crippen LogP contribution in [0.2, 0.25) is 0 Å². The van der Waals surface area contributed by atoms with Crippen molar-refractivity contribution in [3.63, 3.8) is 0 Å². The van der Waals surface area contributed by atoms with Crippen LogP contribution in [0.25, 0.3) is 5.76 Å². The quantitative estimate of drug-likeness (QED) is 0.449. The Labute approximate surface area is 173 Å². The molecule has 0 aliphatic heterocycles. The van der Waals surface area contributed by atoms with Gasteiger partial charge in [-0.1, -0.05) is 42.2 Å². The van der Waals surface area contributed by atoms with Gasteiger partial charge in [-0.15, -0.1) is 0 Å². The number of rotatable bonds is 5. The third-order valence-electron chi connectivity index (χ3n) is 3.42. The number of allylic oxidation sites excluding steroid dienone is 7. The zero-order valence-electron chi connectivity index (χ0n) is 14.9. The van der Waals surface area contributed by atoms with Crippen LogP contribution in [0.3, 0.4) is 0 Å². The van der Waals surface area contributed by atoms with E-state index in [1.54, 1.807) is 24.3 Å². The predicted octanol–water partition coefficient (Wildman–Crippen LogP) is 3.86. The van der Waals surface area contributed by atoms with Crippen LogP contribution in [0, 0.1) is 0 Å². The second-order valence-corrected chi connectivity index (χ2v) is 5.28. The Morgan fingerprint density at radius 3 is 2.32 bits per heavy atom. The second-order valence-electron chi connectivity index (χ2n) is 5.28. The fourth-order valence-corrected chi connectivity index (χ4v) is 2.21. The first kappa shape index (κ1) is 23.2. The van der Waals surface area contributed by atoms with Gasteiger partial charge in [0.05, 0.1) is 7.11 Å². The largest absolute Gasteiger partial charge is 2.00 e. The zero-order chi connectivity index (χ0) is 19.6. The minimum atomic E-state index is -3.13. The summed E-state index contributed by atoms with van der Waals surface area (Å²) in [5.74, 6) is -1.49. The van der Waals surface area contributed by atoms with Crippen molar-refractivity contribution in [2.24, 2.45) is 0 Å². The fourth-order valence-electron chi connectivity index (χ4n) is 2.21. The van der Waals surface area contributed by atoms with Gasteiger partial charge in [0, 0.05) is 17.7 Å². The van der Waals surface area contributed by atoms with E-state index in [1.807, 2.05) is 30.3 Å². The summed E-state index contributed by atoms with van der Waals surface area (Å²) in [5, 5.41) is 22.0. The molecule has 0 unspecified atom stereocenters. The molecule has 8 heteroatoms. The molecule has 4 nitrogen and oxygen atoms in total. The van der Waals surface area contributed by atoms with E-state index in [1.165, 1.54) is 19.3 Å². The summed E-state index contributed by atoms with van der Waals surface area (Å²) in [6.45, 7) is 0. The molecule has 3 rings (SSSR count). The van der Waals surface area contributed by atoms with E-state index in [4.69, 9.17) is 4.74 Å². The van der Waals surface area contributed by atoms with Crippen molar-refractivity contribution < 1.29 is 45.3 Å².